The Morgan fingerprint density at radius 1 is 1.09 bits per heavy atom. The van der Waals surface area contributed by atoms with Gasteiger partial charge in [-0.05, 0) is 43.5 Å². The third-order valence-corrected chi connectivity index (χ3v) is 4.31. The Hall–Kier alpha value is -1.36. The Bertz CT molecular complexity index is 512. The molecule has 1 amide bonds. The first-order valence-corrected chi connectivity index (χ1v) is 9.90. The first-order chi connectivity index (χ1) is 10.9. The summed E-state index contributed by atoms with van der Waals surface area (Å²) in [5.41, 5.74) is 2.48. The van der Waals surface area contributed by atoms with Gasteiger partial charge in [-0.15, -0.1) is 0 Å². The molecule has 1 aromatic carbocycles. The van der Waals surface area contributed by atoms with E-state index in [1.807, 2.05) is 43.9 Å². The molecule has 0 bridgehead atoms. The minimum Gasteiger partial charge on any atom is -0.339 e. The highest BCUT2D eigenvalue weighted by Crippen LogP contribution is 2.20. The van der Waals surface area contributed by atoms with Crippen LogP contribution in [-0.2, 0) is 11.0 Å². The van der Waals surface area contributed by atoms with Crippen molar-refractivity contribution in [2.45, 2.75) is 47.5 Å². The van der Waals surface area contributed by atoms with Gasteiger partial charge in [0.2, 0.25) is 0 Å². The van der Waals surface area contributed by atoms with Crippen molar-refractivity contribution in [2.24, 2.45) is 0 Å². The highest BCUT2D eigenvalue weighted by Gasteiger charge is 2.16. The molecule has 132 valence electrons. The minimum atomic E-state index is -1.10. The fourth-order valence-corrected chi connectivity index (χ4v) is 2.66. The average Bonchev–Trinajstić information content (AvgIpc) is 2.54. The maximum absolute atomic E-state index is 12.7. The van der Waals surface area contributed by atoms with Crippen molar-refractivity contribution in [3.8, 4) is 0 Å². The number of carbonyl (C=O) groups excluding carboxylic acids is 1. The topological polar surface area (TPSA) is 40.6 Å². The van der Waals surface area contributed by atoms with Gasteiger partial charge in [0.25, 0.3) is 5.91 Å². The van der Waals surface area contributed by atoms with E-state index in [-0.39, 0.29) is 5.91 Å². The standard InChI is InChI=1S/C16H26N2O2S.C2H6/c1-6-8-18(9-7-2)16(19)14-10-13(3)11-15(12-14)17(4)21(5)20;1-2/h10-12H,6-9H2,1-5H3;1-2H3. The summed E-state index contributed by atoms with van der Waals surface area (Å²) in [6, 6.07) is 5.67. The molecule has 0 spiro atoms. The molecule has 1 atom stereocenters. The SMILES string of the molecule is CC.CCCN(CCC)C(=O)c1cc(C)cc(N(C)S(C)=O)c1. The second-order valence-electron chi connectivity index (χ2n) is 5.27. The Morgan fingerprint density at radius 3 is 2.04 bits per heavy atom. The van der Waals surface area contributed by atoms with Crippen LogP contribution in [0, 0.1) is 6.92 Å². The van der Waals surface area contributed by atoms with Gasteiger partial charge in [-0.25, -0.2) is 4.21 Å². The van der Waals surface area contributed by atoms with Crippen LogP contribution in [-0.4, -0.2) is 41.4 Å². The van der Waals surface area contributed by atoms with Crippen molar-refractivity contribution in [3.05, 3.63) is 29.3 Å². The molecular formula is C18H32N2O2S. The van der Waals surface area contributed by atoms with E-state index >= 15 is 0 Å². The summed E-state index contributed by atoms with van der Waals surface area (Å²) in [6.45, 7) is 11.6. The molecule has 0 aliphatic rings. The largest absolute Gasteiger partial charge is 0.339 e. The van der Waals surface area contributed by atoms with Crippen LogP contribution in [0.25, 0.3) is 0 Å². The molecule has 0 aliphatic heterocycles. The first-order valence-electron chi connectivity index (χ1n) is 8.38. The third kappa shape index (κ3) is 6.73. The van der Waals surface area contributed by atoms with E-state index in [1.165, 1.54) is 0 Å². The lowest BCUT2D eigenvalue weighted by atomic mass is 10.1. The number of nitrogens with zero attached hydrogens (tertiary/aromatic N) is 2. The summed E-state index contributed by atoms with van der Waals surface area (Å²) in [4.78, 5) is 14.5. The van der Waals surface area contributed by atoms with E-state index in [4.69, 9.17) is 0 Å². The van der Waals surface area contributed by atoms with Gasteiger partial charge in [-0.3, -0.25) is 9.10 Å². The summed E-state index contributed by atoms with van der Waals surface area (Å²) in [6.07, 6.45) is 3.52. The van der Waals surface area contributed by atoms with Crippen LogP contribution in [0.4, 0.5) is 5.69 Å². The van der Waals surface area contributed by atoms with Gasteiger partial charge < -0.3 is 4.90 Å². The molecule has 0 radical (unpaired) electrons. The lowest BCUT2D eigenvalue weighted by Gasteiger charge is -2.23. The van der Waals surface area contributed by atoms with E-state index in [9.17, 15) is 9.00 Å². The van der Waals surface area contributed by atoms with Crippen LogP contribution in [0.1, 0.15) is 56.5 Å². The van der Waals surface area contributed by atoms with Crippen LogP contribution in [0.3, 0.4) is 0 Å². The number of amides is 1. The summed E-state index contributed by atoms with van der Waals surface area (Å²) < 4.78 is 13.3. The highest BCUT2D eigenvalue weighted by molar-refractivity contribution is 7.85. The van der Waals surface area contributed by atoms with E-state index in [0.717, 1.165) is 37.2 Å². The lowest BCUT2D eigenvalue weighted by Crippen LogP contribution is -2.32. The number of anilines is 1. The third-order valence-electron chi connectivity index (χ3n) is 3.33. The fourth-order valence-electron chi connectivity index (χ4n) is 2.25. The normalized spacial score (nSPS) is 11.3. The minimum absolute atomic E-state index is 0.0546. The quantitative estimate of drug-likeness (QED) is 0.752. The molecule has 1 unspecified atom stereocenters. The zero-order valence-electron chi connectivity index (χ0n) is 15.7. The Morgan fingerprint density at radius 2 is 1.61 bits per heavy atom. The summed E-state index contributed by atoms with van der Waals surface area (Å²) in [7, 11) is 0.673. The predicted octanol–water partition coefficient (Wildman–Crippen LogP) is 4.01. The van der Waals surface area contributed by atoms with Crippen molar-refractivity contribution in [2.75, 3.05) is 30.7 Å². The van der Waals surface area contributed by atoms with Crippen LogP contribution < -0.4 is 4.31 Å². The van der Waals surface area contributed by atoms with E-state index in [0.29, 0.717) is 5.56 Å². The molecular weight excluding hydrogens is 308 g/mol. The Labute approximate surface area is 144 Å². The van der Waals surface area contributed by atoms with Gasteiger partial charge in [0.1, 0.15) is 11.0 Å². The first kappa shape index (κ1) is 21.6. The van der Waals surface area contributed by atoms with E-state index < -0.39 is 11.0 Å². The molecule has 0 heterocycles. The maximum atomic E-state index is 12.7. The molecule has 4 nitrogen and oxygen atoms in total. The fraction of sp³-hybridized carbons (Fsp3) is 0.611. The van der Waals surface area contributed by atoms with Crippen LogP contribution in [0.15, 0.2) is 18.2 Å². The summed E-state index contributed by atoms with van der Waals surface area (Å²) in [5, 5.41) is 0. The summed E-state index contributed by atoms with van der Waals surface area (Å²) in [5.74, 6) is 0.0546. The van der Waals surface area contributed by atoms with E-state index in [1.54, 1.807) is 17.6 Å². The molecule has 0 aromatic heterocycles. The number of carbonyl (C=O) groups is 1. The molecule has 1 rings (SSSR count). The van der Waals surface area contributed by atoms with Crippen LogP contribution >= 0.6 is 0 Å². The number of benzene rings is 1. The van der Waals surface area contributed by atoms with Crippen molar-refractivity contribution in [3.63, 3.8) is 0 Å². The van der Waals surface area contributed by atoms with Gasteiger partial charge in [-0.2, -0.15) is 0 Å². The summed E-state index contributed by atoms with van der Waals surface area (Å²) >= 11 is 0. The molecule has 0 fully saturated rings. The zero-order chi connectivity index (χ0) is 18.0. The molecule has 0 N–H and O–H groups in total. The second kappa shape index (κ2) is 11.2. The van der Waals surface area contributed by atoms with Crippen LogP contribution in [0.5, 0.6) is 0 Å². The van der Waals surface area contributed by atoms with Crippen molar-refractivity contribution in [1.82, 2.24) is 4.90 Å². The highest BCUT2D eigenvalue weighted by atomic mass is 32.2. The maximum Gasteiger partial charge on any atom is 0.253 e. The molecule has 0 saturated heterocycles. The van der Waals surface area contributed by atoms with Crippen molar-refractivity contribution >= 4 is 22.6 Å². The Balaban J connectivity index is 0.00000232. The number of hydrogen-bond acceptors (Lipinski definition) is 2. The molecule has 0 aliphatic carbocycles. The van der Waals surface area contributed by atoms with Crippen molar-refractivity contribution < 1.29 is 9.00 Å². The van der Waals surface area contributed by atoms with Crippen molar-refractivity contribution in [1.29, 1.82) is 0 Å². The molecule has 0 saturated carbocycles. The van der Waals surface area contributed by atoms with Gasteiger partial charge in [0, 0.05) is 37.6 Å². The van der Waals surface area contributed by atoms with Gasteiger partial charge in [0.05, 0.1) is 0 Å². The molecule has 23 heavy (non-hydrogen) atoms. The second-order valence-corrected chi connectivity index (χ2v) is 6.67. The smallest absolute Gasteiger partial charge is 0.253 e. The van der Waals surface area contributed by atoms with E-state index in [2.05, 4.69) is 13.8 Å². The zero-order valence-corrected chi connectivity index (χ0v) is 16.5. The van der Waals surface area contributed by atoms with Gasteiger partial charge in [0.15, 0.2) is 0 Å². The molecule has 5 heteroatoms. The predicted molar refractivity (Wildman–Crippen MR) is 101 cm³/mol. The van der Waals surface area contributed by atoms with Crippen LogP contribution in [0.2, 0.25) is 0 Å². The average molecular weight is 341 g/mol. The van der Waals surface area contributed by atoms with Gasteiger partial charge in [-0.1, -0.05) is 27.7 Å². The monoisotopic (exact) mass is 340 g/mol. The Kier molecular flexibility index (Phi) is 10.6. The number of rotatable bonds is 7. The van der Waals surface area contributed by atoms with Gasteiger partial charge >= 0.3 is 0 Å². The number of hydrogen-bond donors (Lipinski definition) is 0. The lowest BCUT2D eigenvalue weighted by molar-refractivity contribution is 0.0755. The molecule has 1 aromatic rings. The number of aryl methyl sites for hydroxylation is 1.